The number of aliphatic carboxylic acids is 1. The molecule has 5 aliphatic rings. The Morgan fingerprint density at radius 3 is 2.21 bits per heavy atom. The summed E-state index contributed by atoms with van der Waals surface area (Å²) in [5, 5.41) is 22.1. The van der Waals surface area contributed by atoms with Gasteiger partial charge in [-0.05, 0) is 152 Å². The lowest BCUT2D eigenvalue weighted by atomic mass is 9.32. The van der Waals surface area contributed by atoms with Gasteiger partial charge >= 0.3 is 11.9 Å². The van der Waals surface area contributed by atoms with Crippen molar-refractivity contribution in [1.29, 1.82) is 0 Å². The van der Waals surface area contributed by atoms with Gasteiger partial charge in [-0.1, -0.05) is 71.9 Å². The SMILES string of the molecule is C=C(C)[C@@H]1CC[C@]2(C(=O)NCCN(CCC)CCC(=O)O)CC[C@]3(C)[C@H](CC[C@@H]4[C@@]5(C)CC=C(c6ccc(C(=O)O)cc6)C(C)(C)[C@@H]5CC[C@]43C)[C@@H]12. The number of allylic oxidation sites excluding steroid dienone is 3. The molecule has 4 saturated carbocycles. The second-order valence-electron chi connectivity index (χ2n) is 19.0. The number of benzene rings is 1. The van der Waals surface area contributed by atoms with Crippen LogP contribution in [0.5, 0.6) is 0 Å². The summed E-state index contributed by atoms with van der Waals surface area (Å²) >= 11 is 0. The van der Waals surface area contributed by atoms with E-state index in [1.807, 2.05) is 12.1 Å². The molecular formula is C45H66N2O5. The van der Waals surface area contributed by atoms with Crippen LogP contribution in [0.1, 0.15) is 135 Å². The van der Waals surface area contributed by atoms with Crippen molar-refractivity contribution in [3.8, 4) is 0 Å². The van der Waals surface area contributed by atoms with E-state index in [9.17, 15) is 24.6 Å². The van der Waals surface area contributed by atoms with Crippen LogP contribution in [0.4, 0.5) is 0 Å². The monoisotopic (exact) mass is 714 g/mol. The summed E-state index contributed by atoms with van der Waals surface area (Å²) in [5.74, 6) is 0.816. The lowest BCUT2D eigenvalue weighted by Crippen LogP contribution is -2.66. The lowest BCUT2D eigenvalue weighted by Gasteiger charge is -2.72. The molecule has 0 aliphatic heterocycles. The maximum Gasteiger partial charge on any atom is 0.335 e. The topological polar surface area (TPSA) is 107 Å². The van der Waals surface area contributed by atoms with Crippen molar-refractivity contribution in [2.45, 2.75) is 119 Å². The molecule has 0 saturated heterocycles. The highest BCUT2D eigenvalue weighted by molar-refractivity contribution is 5.88. The van der Waals surface area contributed by atoms with Crippen molar-refractivity contribution in [2.75, 3.05) is 26.2 Å². The Balaban J connectivity index is 1.26. The molecule has 0 aromatic heterocycles. The van der Waals surface area contributed by atoms with Crippen molar-refractivity contribution >= 4 is 23.4 Å². The van der Waals surface area contributed by atoms with Crippen molar-refractivity contribution in [3.63, 3.8) is 0 Å². The van der Waals surface area contributed by atoms with Crippen LogP contribution in [0.2, 0.25) is 0 Å². The standard InChI is InChI=1S/C45H66N2O5/c1-9-26-47(27-19-37(48)49)28-25-46-40(52)45-22-16-32(29(2)3)38(45)34-14-15-36-42(6)20-17-33(30-10-12-31(13-11-30)39(50)51)41(4,5)35(42)18-21-44(36,8)43(34,7)23-24-45/h10-13,17,32,34-36,38H,2,9,14-16,18-28H2,1,3-8H3,(H,46,52)(H,48,49)(H,50,51)/t32-,34+,35-,36+,38+,42-,43+,44+,45-/m0/s1. The first-order valence-corrected chi connectivity index (χ1v) is 20.4. The van der Waals surface area contributed by atoms with Crippen LogP contribution in [0.25, 0.3) is 5.57 Å². The summed E-state index contributed by atoms with van der Waals surface area (Å²) in [6, 6.07) is 7.50. The average Bonchev–Trinajstić information content (AvgIpc) is 3.49. The molecule has 0 heterocycles. The first-order valence-electron chi connectivity index (χ1n) is 20.4. The molecule has 286 valence electrons. The third-order valence-corrected chi connectivity index (χ3v) is 16.4. The Morgan fingerprint density at radius 1 is 0.865 bits per heavy atom. The van der Waals surface area contributed by atoms with Crippen LogP contribution in [-0.2, 0) is 9.59 Å². The second-order valence-corrected chi connectivity index (χ2v) is 19.0. The number of carbonyl (C=O) groups is 3. The molecule has 6 rings (SSSR count). The highest BCUT2D eigenvalue weighted by atomic mass is 16.4. The molecule has 0 bridgehead atoms. The quantitative estimate of drug-likeness (QED) is 0.186. The number of rotatable bonds is 12. The van der Waals surface area contributed by atoms with Crippen LogP contribution in [-0.4, -0.2) is 59.1 Å². The largest absolute Gasteiger partial charge is 0.481 e. The molecular weight excluding hydrogens is 649 g/mol. The minimum atomic E-state index is -0.886. The van der Waals surface area contributed by atoms with Gasteiger partial charge in [0, 0.05) is 19.6 Å². The number of aromatic carboxylic acids is 1. The van der Waals surface area contributed by atoms with Crippen LogP contribution in [0.3, 0.4) is 0 Å². The molecule has 52 heavy (non-hydrogen) atoms. The molecule has 4 fully saturated rings. The molecule has 0 spiro atoms. The van der Waals surface area contributed by atoms with Crippen LogP contribution in [0, 0.1) is 56.7 Å². The van der Waals surface area contributed by atoms with Crippen molar-refractivity contribution in [1.82, 2.24) is 10.2 Å². The zero-order chi connectivity index (χ0) is 37.9. The number of carboxylic acids is 2. The van der Waals surface area contributed by atoms with E-state index in [-0.39, 0.29) is 39.4 Å². The summed E-state index contributed by atoms with van der Waals surface area (Å²) < 4.78 is 0. The van der Waals surface area contributed by atoms with Gasteiger partial charge < -0.3 is 20.4 Å². The Kier molecular flexibility index (Phi) is 10.5. The predicted octanol–water partition coefficient (Wildman–Crippen LogP) is 9.34. The Hall–Kier alpha value is -2.93. The number of nitrogens with one attached hydrogen (secondary N) is 1. The van der Waals surface area contributed by atoms with E-state index in [4.69, 9.17) is 0 Å². The zero-order valence-corrected chi connectivity index (χ0v) is 33.2. The summed E-state index contributed by atoms with van der Waals surface area (Å²) in [4.78, 5) is 39.5. The third-order valence-electron chi connectivity index (χ3n) is 16.4. The molecule has 9 atom stereocenters. The van der Waals surface area contributed by atoms with Gasteiger partial charge in [-0.2, -0.15) is 0 Å². The van der Waals surface area contributed by atoms with Gasteiger partial charge in [-0.3, -0.25) is 9.59 Å². The highest BCUT2D eigenvalue weighted by Crippen LogP contribution is 2.77. The number of fused-ring (bicyclic) bond motifs is 7. The number of carboxylic acid groups (broad SMARTS) is 2. The Labute approximate surface area is 313 Å². The summed E-state index contributed by atoms with van der Waals surface area (Å²) in [5.41, 5.74) is 4.13. The van der Waals surface area contributed by atoms with Gasteiger partial charge in [0.2, 0.25) is 5.91 Å². The zero-order valence-electron chi connectivity index (χ0n) is 33.2. The predicted molar refractivity (Wildman–Crippen MR) is 208 cm³/mol. The molecule has 0 radical (unpaired) electrons. The molecule has 1 aromatic rings. The normalized spacial score (nSPS) is 37.5. The molecule has 7 heteroatoms. The molecule has 5 aliphatic carbocycles. The average molecular weight is 715 g/mol. The van der Waals surface area contributed by atoms with Crippen LogP contribution < -0.4 is 5.32 Å². The van der Waals surface area contributed by atoms with E-state index in [0.717, 1.165) is 57.1 Å². The fraction of sp³-hybridized carbons (Fsp3) is 0.711. The van der Waals surface area contributed by atoms with Crippen molar-refractivity contribution in [2.24, 2.45) is 56.7 Å². The van der Waals surface area contributed by atoms with E-state index >= 15 is 0 Å². The van der Waals surface area contributed by atoms with Crippen LogP contribution >= 0.6 is 0 Å². The molecule has 1 amide bonds. The first-order chi connectivity index (χ1) is 24.5. The number of hydrogen-bond acceptors (Lipinski definition) is 4. The smallest absolute Gasteiger partial charge is 0.335 e. The van der Waals surface area contributed by atoms with Gasteiger partial charge in [-0.15, -0.1) is 0 Å². The van der Waals surface area contributed by atoms with E-state index in [2.05, 4.69) is 71.3 Å². The van der Waals surface area contributed by atoms with Crippen molar-refractivity contribution in [3.05, 3.63) is 53.6 Å². The van der Waals surface area contributed by atoms with Gasteiger partial charge in [0.05, 0.1) is 17.4 Å². The fourth-order valence-corrected chi connectivity index (χ4v) is 13.8. The molecule has 0 unspecified atom stereocenters. The molecule has 1 aromatic carbocycles. The van der Waals surface area contributed by atoms with E-state index < -0.39 is 11.9 Å². The summed E-state index contributed by atoms with van der Waals surface area (Å²) in [6.07, 6.45) is 13.3. The minimum Gasteiger partial charge on any atom is -0.481 e. The number of hydrogen-bond donors (Lipinski definition) is 3. The first kappa shape index (κ1) is 38.8. The molecule has 3 N–H and O–H groups in total. The van der Waals surface area contributed by atoms with Crippen molar-refractivity contribution < 1.29 is 24.6 Å². The number of carbonyl (C=O) groups excluding carboxylic acids is 1. The van der Waals surface area contributed by atoms with E-state index in [1.54, 1.807) is 12.1 Å². The Bertz CT molecular complexity index is 1600. The van der Waals surface area contributed by atoms with Crippen LogP contribution in [0.15, 0.2) is 42.5 Å². The third kappa shape index (κ3) is 6.09. The highest BCUT2D eigenvalue weighted by Gasteiger charge is 2.71. The van der Waals surface area contributed by atoms with E-state index in [0.29, 0.717) is 54.8 Å². The fourth-order valence-electron chi connectivity index (χ4n) is 13.8. The maximum atomic E-state index is 14.5. The summed E-state index contributed by atoms with van der Waals surface area (Å²) in [6.45, 7) is 24.1. The lowest BCUT2D eigenvalue weighted by molar-refractivity contribution is -0.225. The second kappa shape index (κ2) is 14.0. The maximum absolute atomic E-state index is 14.5. The Morgan fingerprint density at radius 2 is 1.58 bits per heavy atom. The minimum absolute atomic E-state index is 0.0343. The van der Waals surface area contributed by atoms with Gasteiger partial charge in [-0.25, -0.2) is 4.79 Å². The summed E-state index contributed by atoms with van der Waals surface area (Å²) in [7, 11) is 0. The number of nitrogens with zero attached hydrogens (tertiary/aromatic N) is 1. The van der Waals surface area contributed by atoms with Gasteiger partial charge in [0.15, 0.2) is 0 Å². The molecule has 7 nitrogen and oxygen atoms in total. The van der Waals surface area contributed by atoms with Gasteiger partial charge in [0.25, 0.3) is 0 Å². The number of amides is 1. The van der Waals surface area contributed by atoms with E-state index in [1.165, 1.54) is 30.4 Å². The van der Waals surface area contributed by atoms with Gasteiger partial charge in [0.1, 0.15) is 0 Å².